The zero-order chi connectivity index (χ0) is 16.9. The van der Waals surface area contributed by atoms with Crippen molar-refractivity contribution in [3.05, 3.63) is 17.5 Å². The van der Waals surface area contributed by atoms with Crippen molar-refractivity contribution in [1.29, 1.82) is 0 Å². The Morgan fingerprint density at radius 2 is 2.25 bits per heavy atom. The molecule has 3 rings (SSSR count). The van der Waals surface area contributed by atoms with E-state index < -0.39 is 6.29 Å². The molecule has 0 radical (unpaired) electrons. The van der Waals surface area contributed by atoms with Crippen molar-refractivity contribution in [3.8, 4) is 0 Å². The molecule has 3 aliphatic rings. The van der Waals surface area contributed by atoms with Crippen LogP contribution in [0.5, 0.6) is 0 Å². The minimum atomic E-state index is -0.458. The molecule has 0 aromatic carbocycles. The summed E-state index contributed by atoms with van der Waals surface area (Å²) in [5.41, 5.74) is 7.34. The Hall–Kier alpha value is -2.02. The molecule has 0 spiro atoms. The summed E-state index contributed by atoms with van der Waals surface area (Å²) in [5.74, 6) is 1.28. The Bertz CT molecular complexity index is 569. The van der Waals surface area contributed by atoms with Crippen molar-refractivity contribution in [1.82, 2.24) is 26.7 Å². The number of hydrogen-bond donors (Lipinski definition) is 5. The zero-order valence-corrected chi connectivity index (χ0v) is 14.2. The van der Waals surface area contributed by atoms with E-state index in [-0.39, 0.29) is 18.1 Å². The molecular formula is C16H26N6O2. The van der Waals surface area contributed by atoms with Crippen LogP contribution in [-0.2, 0) is 4.84 Å². The van der Waals surface area contributed by atoms with E-state index in [1.165, 1.54) is 5.57 Å². The summed E-state index contributed by atoms with van der Waals surface area (Å²) >= 11 is 0. The minimum absolute atomic E-state index is 0.150. The molecule has 1 aliphatic carbocycles. The van der Waals surface area contributed by atoms with Crippen molar-refractivity contribution < 1.29 is 9.63 Å². The molecule has 0 bridgehead atoms. The van der Waals surface area contributed by atoms with Crippen LogP contribution in [0.15, 0.2) is 22.5 Å². The number of urea groups is 1. The largest absolute Gasteiger partial charge is 0.384 e. The molecule has 2 aliphatic heterocycles. The predicted molar refractivity (Wildman–Crippen MR) is 91.0 cm³/mol. The molecule has 8 nitrogen and oxygen atoms in total. The van der Waals surface area contributed by atoms with E-state index in [2.05, 4.69) is 37.5 Å². The normalized spacial score (nSPS) is 31.9. The van der Waals surface area contributed by atoms with E-state index >= 15 is 0 Å². The van der Waals surface area contributed by atoms with Gasteiger partial charge in [0, 0.05) is 37.2 Å². The number of rotatable bonds is 3. The second kappa shape index (κ2) is 7.70. The van der Waals surface area contributed by atoms with E-state index in [0.29, 0.717) is 5.92 Å². The number of amides is 2. The standard InChI is InChI=1S/C16H26N6O2/c1-10-7-14(22-24-2)20-15(18-10)21-16(23)19-13-4-3-12-9-17-6-5-11(12)8-13/h6,10,12-13,15,17-18H,3-4,7-9H2,1-2H3,(H,20,22)(H2,19,21,23). The van der Waals surface area contributed by atoms with Gasteiger partial charge in [-0.3, -0.25) is 15.6 Å². The van der Waals surface area contributed by atoms with E-state index in [9.17, 15) is 4.79 Å². The summed E-state index contributed by atoms with van der Waals surface area (Å²) in [7, 11) is 1.55. The summed E-state index contributed by atoms with van der Waals surface area (Å²) in [6, 6.07) is 0.145. The zero-order valence-electron chi connectivity index (χ0n) is 14.2. The van der Waals surface area contributed by atoms with E-state index in [0.717, 1.165) is 38.1 Å². The maximum absolute atomic E-state index is 12.3. The van der Waals surface area contributed by atoms with Crippen LogP contribution in [0.2, 0.25) is 0 Å². The van der Waals surface area contributed by atoms with Gasteiger partial charge in [0.25, 0.3) is 0 Å². The van der Waals surface area contributed by atoms with Gasteiger partial charge in [-0.05, 0) is 31.8 Å². The van der Waals surface area contributed by atoms with Crippen molar-refractivity contribution in [3.63, 3.8) is 0 Å². The van der Waals surface area contributed by atoms with Crippen LogP contribution in [0.25, 0.3) is 0 Å². The third kappa shape index (κ3) is 4.29. The van der Waals surface area contributed by atoms with Crippen LogP contribution >= 0.6 is 0 Å². The SMILES string of the molecule is CONC1=NC(NC(=O)NC2CCC3CNC=C=C3C2)NC(C)C1. The molecule has 2 amide bonds. The Morgan fingerprint density at radius 1 is 1.38 bits per heavy atom. The van der Waals surface area contributed by atoms with Crippen LogP contribution in [0.1, 0.15) is 32.6 Å². The summed E-state index contributed by atoms with van der Waals surface area (Å²) < 4.78 is 0. The molecular weight excluding hydrogens is 308 g/mol. The maximum Gasteiger partial charge on any atom is 0.317 e. The highest BCUT2D eigenvalue weighted by molar-refractivity contribution is 5.83. The molecule has 0 aromatic rings. The first kappa shape index (κ1) is 16.8. The van der Waals surface area contributed by atoms with Crippen molar-refractivity contribution in [2.24, 2.45) is 10.9 Å². The number of nitrogens with one attached hydrogen (secondary N) is 5. The quantitative estimate of drug-likeness (QED) is 0.378. The monoisotopic (exact) mass is 334 g/mol. The number of hydroxylamine groups is 1. The summed E-state index contributed by atoms with van der Waals surface area (Å²) in [6.45, 7) is 3.02. The second-order valence-corrected chi connectivity index (χ2v) is 6.57. The second-order valence-electron chi connectivity index (χ2n) is 6.57. The Labute approximate surface area is 142 Å². The minimum Gasteiger partial charge on any atom is -0.384 e. The number of carbonyl (C=O) groups is 1. The third-order valence-electron chi connectivity index (χ3n) is 4.60. The number of fused-ring (bicyclic) bond motifs is 1. The Kier molecular flexibility index (Phi) is 5.40. The van der Waals surface area contributed by atoms with Crippen LogP contribution in [0, 0.1) is 5.92 Å². The van der Waals surface area contributed by atoms with Gasteiger partial charge < -0.3 is 16.0 Å². The average Bonchev–Trinajstić information content (AvgIpc) is 2.54. The fraction of sp³-hybridized carbons (Fsp3) is 0.688. The van der Waals surface area contributed by atoms with Crippen molar-refractivity contribution in [2.75, 3.05) is 13.7 Å². The molecule has 5 N–H and O–H groups in total. The number of nitrogens with zero attached hydrogens (tertiary/aromatic N) is 1. The van der Waals surface area contributed by atoms with Gasteiger partial charge in [0.05, 0.1) is 7.11 Å². The summed E-state index contributed by atoms with van der Waals surface area (Å²) in [6.07, 6.45) is 5.07. The average molecular weight is 334 g/mol. The van der Waals surface area contributed by atoms with E-state index in [1.807, 2.05) is 13.1 Å². The van der Waals surface area contributed by atoms with Gasteiger partial charge in [0.15, 0.2) is 6.29 Å². The maximum atomic E-state index is 12.3. The van der Waals surface area contributed by atoms with E-state index in [1.54, 1.807) is 7.11 Å². The van der Waals surface area contributed by atoms with Gasteiger partial charge in [-0.2, -0.15) is 0 Å². The van der Waals surface area contributed by atoms with Crippen LogP contribution in [0.3, 0.4) is 0 Å². The molecule has 0 aromatic heterocycles. The molecule has 1 fully saturated rings. The van der Waals surface area contributed by atoms with E-state index in [4.69, 9.17) is 4.84 Å². The number of amidine groups is 1. The highest BCUT2D eigenvalue weighted by Gasteiger charge is 2.28. The molecule has 2 heterocycles. The summed E-state index contributed by atoms with van der Waals surface area (Å²) in [4.78, 5) is 21.6. The van der Waals surface area contributed by atoms with Gasteiger partial charge in [-0.25, -0.2) is 9.79 Å². The molecule has 132 valence electrons. The summed E-state index contributed by atoms with van der Waals surface area (Å²) in [5, 5.41) is 12.4. The number of hydrogen-bond acceptors (Lipinski definition) is 6. The lowest BCUT2D eigenvalue weighted by Gasteiger charge is -2.33. The Morgan fingerprint density at radius 3 is 3.08 bits per heavy atom. The number of aliphatic imine (C=N–C) groups is 1. The lowest BCUT2D eigenvalue weighted by Crippen LogP contribution is -2.56. The topological polar surface area (TPSA) is 98.8 Å². The molecule has 4 unspecified atom stereocenters. The van der Waals surface area contributed by atoms with Crippen molar-refractivity contribution in [2.45, 2.75) is 51.0 Å². The van der Waals surface area contributed by atoms with Gasteiger partial charge >= 0.3 is 6.03 Å². The Balaban J connectivity index is 1.52. The molecule has 24 heavy (non-hydrogen) atoms. The fourth-order valence-electron chi connectivity index (χ4n) is 3.46. The lowest BCUT2D eigenvalue weighted by molar-refractivity contribution is 0.139. The van der Waals surface area contributed by atoms with Gasteiger partial charge in [0.1, 0.15) is 5.84 Å². The van der Waals surface area contributed by atoms with Crippen molar-refractivity contribution >= 4 is 11.9 Å². The predicted octanol–water partition coefficient (Wildman–Crippen LogP) is 0.311. The number of carbonyl (C=O) groups excluding carboxylic acids is 1. The molecule has 4 atom stereocenters. The van der Waals surface area contributed by atoms with Crippen LogP contribution in [-0.4, -0.2) is 43.9 Å². The highest BCUT2D eigenvalue weighted by atomic mass is 16.6. The molecule has 8 heteroatoms. The van der Waals surface area contributed by atoms with Gasteiger partial charge in [-0.1, -0.05) is 0 Å². The van der Waals surface area contributed by atoms with Crippen LogP contribution in [0.4, 0.5) is 4.79 Å². The fourth-order valence-corrected chi connectivity index (χ4v) is 3.46. The first-order valence-corrected chi connectivity index (χ1v) is 8.50. The van der Waals surface area contributed by atoms with Crippen LogP contribution < -0.4 is 26.7 Å². The first-order valence-electron chi connectivity index (χ1n) is 8.50. The highest BCUT2D eigenvalue weighted by Crippen LogP contribution is 2.29. The molecule has 0 saturated heterocycles. The smallest absolute Gasteiger partial charge is 0.317 e. The third-order valence-corrected chi connectivity index (χ3v) is 4.60. The lowest BCUT2D eigenvalue weighted by atomic mass is 9.81. The van der Waals surface area contributed by atoms with Gasteiger partial charge in [-0.15, -0.1) is 5.73 Å². The first-order chi connectivity index (χ1) is 11.6. The van der Waals surface area contributed by atoms with Gasteiger partial charge in [0.2, 0.25) is 0 Å². The molecule has 1 saturated carbocycles.